The van der Waals surface area contributed by atoms with Crippen LogP contribution in [0.5, 0.6) is 0 Å². The van der Waals surface area contributed by atoms with Crippen molar-refractivity contribution in [1.29, 1.82) is 0 Å². The largest absolute Gasteiger partial charge is 0.365 e. The van der Waals surface area contributed by atoms with E-state index in [4.69, 9.17) is 0 Å². The van der Waals surface area contributed by atoms with Crippen LogP contribution in [0.2, 0.25) is 0 Å². The molecule has 3 rings (SSSR count). The molecule has 0 fully saturated rings. The van der Waals surface area contributed by atoms with Crippen LogP contribution >= 0.6 is 0 Å². The minimum Gasteiger partial charge on any atom is -0.365 e. The second-order valence-corrected chi connectivity index (χ2v) is 4.08. The van der Waals surface area contributed by atoms with E-state index < -0.39 is 0 Å². The fraction of sp³-hybridized carbons (Fsp3) is 0.231. The lowest BCUT2D eigenvalue weighted by Gasteiger charge is -2.35. The Kier molecular flexibility index (Phi) is 1.66. The number of hydrogen-bond acceptors (Lipinski definition) is 1. The topological polar surface area (TPSA) is 8.17 Å². The zero-order valence-corrected chi connectivity index (χ0v) is 9.01. The first kappa shape index (κ1) is 8.60. The molecule has 76 valence electrons. The van der Waals surface area contributed by atoms with Gasteiger partial charge in [0, 0.05) is 18.9 Å². The molecule has 2 heterocycles. The molecule has 1 aliphatic heterocycles. The highest BCUT2D eigenvalue weighted by atomic mass is 15.2. The third-order valence-corrected chi connectivity index (χ3v) is 3.31. The Balaban J connectivity index is 2.32. The number of anilines is 1. The van der Waals surface area contributed by atoms with E-state index in [9.17, 15) is 0 Å². The van der Waals surface area contributed by atoms with Gasteiger partial charge in [0.2, 0.25) is 0 Å². The van der Waals surface area contributed by atoms with Gasteiger partial charge in [-0.25, -0.2) is 0 Å². The van der Waals surface area contributed by atoms with E-state index in [1.54, 1.807) is 0 Å². The first-order valence-electron chi connectivity index (χ1n) is 5.28. The molecule has 1 atom stereocenters. The molecule has 0 amide bonds. The van der Waals surface area contributed by atoms with Crippen molar-refractivity contribution in [1.82, 2.24) is 4.57 Å². The van der Waals surface area contributed by atoms with Crippen LogP contribution in [0, 0.1) is 0 Å². The summed E-state index contributed by atoms with van der Waals surface area (Å²) in [5.41, 5.74) is 3.93. The molecule has 0 saturated carbocycles. The molecule has 1 aromatic carbocycles. The summed E-state index contributed by atoms with van der Waals surface area (Å²) in [5.74, 6) is 0. The van der Waals surface area contributed by atoms with E-state index >= 15 is 0 Å². The van der Waals surface area contributed by atoms with Crippen LogP contribution in [0.4, 0.5) is 5.69 Å². The van der Waals surface area contributed by atoms with Crippen molar-refractivity contribution in [3.8, 4) is 5.69 Å². The Labute approximate surface area is 89.8 Å². The Morgan fingerprint density at radius 1 is 1.00 bits per heavy atom. The lowest BCUT2D eigenvalue weighted by atomic mass is 10.1. The number of aromatic nitrogens is 1. The average molecular weight is 198 g/mol. The standard InChI is InChI=1S/C13H14N2/c1-10-11-8-5-9-15(11)13-7-4-3-6-12(13)14(10)2/h3-10H,1-2H3. The number of nitrogens with zero attached hydrogens (tertiary/aromatic N) is 2. The summed E-state index contributed by atoms with van der Waals surface area (Å²) in [6, 6.07) is 13.3. The van der Waals surface area contributed by atoms with Gasteiger partial charge in [0.25, 0.3) is 0 Å². The van der Waals surface area contributed by atoms with Crippen LogP contribution < -0.4 is 4.90 Å². The first-order chi connectivity index (χ1) is 7.29. The summed E-state index contributed by atoms with van der Waals surface area (Å²) >= 11 is 0. The van der Waals surface area contributed by atoms with Crippen LogP contribution in [-0.2, 0) is 0 Å². The second-order valence-electron chi connectivity index (χ2n) is 4.08. The van der Waals surface area contributed by atoms with Gasteiger partial charge >= 0.3 is 0 Å². The number of benzene rings is 1. The smallest absolute Gasteiger partial charge is 0.0688 e. The monoisotopic (exact) mass is 198 g/mol. The zero-order valence-electron chi connectivity index (χ0n) is 9.01. The number of hydrogen-bond donors (Lipinski definition) is 0. The quantitative estimate of drug-likeness (QED) is 0.631. The molecular formula is C13H14N2. The highest BCUT2D eigenvalue weighted by molar-refractivity contribution is 5.66. The van der Waals surface area contributed by atoms with Gasteiger partial charge in [0.1, 0.15) is 0 Å². The van der Waals surface area contributed by atoms with Crippen molar-refractivity contribution in [3.63, 3.8) is 0 Å². The number of fused-ring (bicyclic) bond motifs is 3. The maximum atomic E-state index is 2.32. The van der Waals surface area contributed by atoms with Gasteiger partial charge in [-0.05, 0) is 31.2 Å². The molecule has 0 bridgehead atoms. The molecule has 2 heteroatoms. The summed E-state index contributed by atoms with van der Waals surface area (Å²) in [7, 11) is 2.15. The molecule has 0 aliphatic carbocycles. The highest BCUT2D eigenvalue weighted by Gasteiger charge is 2.24. The maximum Gasteiger partial charge on any atom is 0.0688 e. The maximum absolute atomic E-state index is 2.32. The van der Waals surface area contributed by atoms with E-state index in [0.29, 0.717) is 6.04 Å². The first-order valence-corrected chi connectivity index (χ1v) is 5.28. The van der Waals surface area contributed by atoms with Gasteiger partial charge in [-0.3, -0.25) is 0 Å². The summed E-state index contributed by atoms with van der Waals surface area (Å²) in [6.45, 7) is 2.24. The van der Waals surface area contributed by atoms with E-state index in [1.807, 2.05) is 0 Å². The van der Waals surface area contributed by atoms with Gasteiger partial charge in [-0.15, -0.1) is 0 Å². The molecule has 1 unspecified atom stereocenters. The molecule has 0 radical (unpaired) electrons. The van der Waals surface area contributed by atoms with Gasteiger partial charge in [0.05, 0.1) is 17.4 Å². The Bertz CT molecular complexity index is 499. The summed E-state index contributed by atoms with van der Waals surface area (Å²) in [5, 5.41) is 0. The van der Waals surface area contributed by atoms with E-state index in [1.165, 1.54) is 17.1 Å². The molecule has 2 nitrogen and oxygen atoms in total. The van der Waals surface area contributed by atoms with Crippen molar-refractivity contribution >= 4 is 5.69 Å². The molecule has 0 spiro atoms. The molecule has 2 aromatic rings. The lowest BCUT2D eigenvalue weighted by Crippen LogP contribution is -2.28. The summed E-state index contributed by atoms with van der Waals surface area (Å²) in [6.07, 6.45) is 2.14. The van der Waals surface area contributed by atoms with Crippen molar-refractivity contribution in [2.45, 2.75) is 13.0 Å². The number of rotatable bonds is 0. The fourth-order valence-electron chi connectivity index (χ4n) is 2.33. The third kappa shape index (κ3) is 1.05. The van der Waals surface area contributed by atoms with Gasteiger partial charge in [-0.2, -0.15) is 0 Å². The molecular weight excluding hydrogens is 184 g/mol. The van der Waals surface area contributed by atoms with Crippen LogP contribution in [0.3, 0.4) is 0 Å². The fourth-order valence-corrected chi connectivity index (χ4v) is 2.33. The van der Waals surface area contributed by atoms with Crippen molar-refractivity contribution in [3.05, 3.63) is 48.3 Å². The van der Waals surface area contributed by atoms with E-state index in [0.717, 1.165) is 0 Å². The van der Waals surface area contributed by atoms with Crippen LogP contribution in [0.15, 0.2) is 42.6 Å². The van der Waals surface area contributed by atoms with Crippen molar-refractivity contribution < 1.29 is 0 Å². The zero-order chi connectivity index (χ0) is 10.4. The lowest BCUT2D eigenvalue weighted by molar-refractivity contribution is 0.669. The molecule has 1 aromatic heterocycles. The third-order valence-electron chi connectivity index (χ3n) is 3.31. The summed E-state index contributed by atoms with van der Waals surface area (Å²) in [4.78, 5) is 2.32. The predicted molar refractivity (Wildman–Crippen MR) is 62.6 cm³/mol. The SMILES string of the molecule is CC1c2cccn2-c2ccccc2N1C. The number of para-hydroxylation sites is 2. The molecule has 0 saturated heterocycles. The van der Waals surface area contributed by atoms with Crippen molar-refractivity contribution in [2.75, 3.05) is 11.9 Å². The van der Waals surface area contributed by atoms with Crippen molar-refractivity contribution in [2.24, 2.45) is 0 Å². The minimum atomic E-state index is 0.440. The van der Waals surface area contributed by atoms with Gasteiger partial charge in [0.15, 0.2) is 0 Å². The van der Waals surface area contributed by atoms with Gasteiger partial charge < -0.3 is 9.47 Å². The van der Waals surface area contributed by atoms with E-state index in [2.05, 4.69) is 66.0 Å². The average Bonchev–Trinajstić information content (AvgIpc) is 2.75. The summed E-state index contributed by atoms with van der Waals surface area (Å²) < 4.78 is 2.28. The molecule has 1 aliphatic rings. The normalized spacial score (nSPS) is 18.5. The minimum absolute atomic E-state index is 0.440. The van der Waals surface area contributed by atoms with Gasteiger partial charge in [-0.1, -0.05) is 12.1 Å². The Morgan fingerprint density at radius 2 is 1.73 bits per heavy atom. The van der Waals surface area contributed by atoms with Crippen LogP contribution in [0.25, 0.3) is 5.69 Å². The van der Waals surface area contributed by atoms with Crippen LogP contribution in [-0.4, -0.2) is 11.6 Å². The Hall–Kier alpha value is -1.70. The molecule has 15 heavy (non-hydrogen) atoms. The predicted octanol–water partition coefficient (Wildman–Crippen LogP) is 2.99. The van der Waals surface area contributed by atoms with E-state index in [-0.39, 0.29) is 0 Å². The van der Waals surface area contributed by atoms with Crippen LogP contribution in [0.1, 0.15) is 18.7 Å². The Morgan fingerprint density at radius 3 is 2.53 bits per heavy atom. The molecule has 0 N–H and O–H groups in total. The second kappa shape index (κ2) is 2.89. The highest BCUT2D eigenvalue weighted by Crippen LogP contribution is 2.36.